The Bertz CT molecular complexity index is 466. The van der Waals surface area contributed by atoms with Crippen molar-refractivity contribution < 1.29 is 4.74 Å². The maximum absolute atomic E-state index is 11.7. The van der Waals surface area contributed by atoms with Crippen LogP contribution in [0.5, 0.6) is 0 Å². The third kappa shape index (κ3) is 4.35. The molecule has 1 aliphatic rings. The summed E-state index contributed by atoms with van der Waals surface area (Å²) in [6, 6.07) is 3.17. The Hall–Kier alpha value is -1.33. The number of nitrogens with zero attached hydrogens (tertiary/aromatic N) is 2. The van der Waals surface area contributed by atoms with E-state index in [1.165, 1.54) is 18.9 Å². The number of anilines is 1. The van der Waals surface area contributed by atoms with Crippen LogP contribution in [-0.4, -0.2) is 41.8 Å². The van der Waals surface area contributed by atoms with Crippen LogP contribution in [0.1, 0.15) is 26.2 Å². The number of ether oxygens (including phenoxy) is 1. The molecule has 0 spiro atoms. The summed E-state index contributed by atoms with van der Waals surface area (Å²) in [6.45, 7) is 6.79. The molecule has 0 aromatic carbocycles. The third-order valence-electron chi connectivity index (χ3n) is 3.81. The number of hydrogen-bond donors (Lipinski definition) is 1. The Balaban J connectivity index is 1.78. The van der Waals surface area contributed by atoms with Gasteiger partial charge in [0.2, 0.25) is 0 Å². The van der Waals surface area contributed by atoms with Crippen LogP contribution in [0, 0.1) is 0 Å². The highest BCUT2D eigenvalue weighted by atomic mass is 16.5. The van der Waals surface area contributed by atoms with Gasteiger partial charge < -0.3 is 19.9 Å². The highest BCUT2D eigenvalue weighted by Crippen LogP contribution is 2.13. The Morgan fingerprint density at radius 3 is 3.05 bits per heavy atom. The minimum absolute atomic E-state index is 0.0152. The molecule has 2 rings (SSSR count). The number of nitrogen functional groups attached to an aromatic ring is 1. The predicted octanol–water partition coefficient (Wildman–Crippen LogP) is 1.32. The average molecular weight is 279 g/mol. The van der Waals surface area contributed by atoms with Crippen molar-refractivity contribution in [3.63, 3.8) is 0 Å². The molecule has 0 bridgehead atoms. The third-order valence-corrected chi connectivity index (χ3v) is 3.81. The molecule has 2 N–H and O–H groups in total. The second-order valence-electron chi connectivity index (χ2n) is 5.38. The average Bonchev–Trinajstić information content (AvgIpc) is 2.94. The van der Waals surface area contributed by atoms with Gasteiger partial charge in [-0.15, -0.1) is 0 Å². The monoisotopic (exact) mass is 279 g/mol. The van der Waals surface area contributed by atoms with Crippen LogP contribution in [0.3, 0.4) is 0 Å². The van der Waals surface area contributed by atoms with Gasteiger partial charge in [0.05, 0.1) is 6.10 Å². The molecular weight excluding hydrogens is 254 g/mol. The molecule has 1 fully saturated rings. The maximum Gasteiger partial charge on any atom is 0.250 e. The van der Waals surface area contributed by atoms with Gasteiger partial charge in [-0.3, -0.25) is 4.79 Å². The van der Waals surface area contributed by atoms with Gasteiger partial charge in [-0.05, 0) is 38.4 Å². The summed E-state index contributed by atoms with van der Waals surface area (Å²) in [5.41, 5.74) is 6.36. The Morgan fingerprint density at radius 1 is 1.50 bits per heavy atom. The van der Waals surface area contributed by atoms with Crippen molar-refractivity contribution in [1.82, 2.24) is 9.47 Å². The fourth-order valence-electron chi connectivity index (χ4n) is 2.64. The van der Waals surface area contributed by atoms with Gasteiger partial charge >= 0.3 is 0 Å². The van der Waals surface area contributed by atoms with E-state index in [4.69, 9.17) is 10.5 Å². The number of likely N-dealkylation sites (N-methyl/N-ethyl adjacent to an activating group) is 1. The molecule has 5 nitrogen and oxygen atoms in total. The highest BCUT2D eigenvalue weighted by Gasteiger charge is 2.18. The summed E-state index contributed by atoms with van der Waals surface area (Å²) in [7, 11) is 0. The van der Waals surface area contributed by atoms with Crippen molar-refractivity contribution in [2.75, 3.05) is 32.0 Å². The summed E-state index contributed by atoms with van der Waals surface area (Å²) in [6.07, 6.45) is 5.42. The van der Waals surface area contributed by atoms with Crippen molar-refractivity contribution in [2.45, 2.75) is 38.8 Å². The van der Waals surface area contributed by atoms with Crippen molar-refractivity contribution in [1.29, 1.82) is 0 Å². The van der Waals surface area contributed by atoms with Crippen LogP contribution in [0.25, 0.3) is 0 Å². The fraction of sp³-hybridized carbons (Fsp3) is 0.667. The molecule has 2 heterocycles. The Labute approximate surface area is 120 Å². The topological polar surface area (TPSA) is 60.5 Å². The van der Waals surface area contributed by atoms with E-state index in [2.05, 4.69) is 11.8 Å². The Kier molecular flexibility index (Phi) is 5.61. The zero-order valence-electron chi connectivity index (χ0n) is 12.3. The number of nitrogens with two attached hydrogens (primary N) is 1. The molecule has 5 heteroatoms. The molecule has 1 unspecified atom stereocenters. The summed E-state index contributed by atoms with van der Waals surface area (Å²) in [4.78, 5) is 14.1. The highest BCUT2D eigenvalue weighted by molar-refractivity contribution is 5.33. The zero-order chi connectivity index (χ0) is 14.4. The van der Waals surface area contributed by atoms with E-state index in [-0.39, 0.29) is 5.56 Å². The first kappa shape index (κ1) is 15.1. The summed E-state index contributed by atoms with van der Waals surface area (Å²) in [5.74, 6) is 0. The zero-order valence-corrected chi connectivity index (χ0v) is 12.3. The Morgan fingerprint density at radius 2 is 2.35 bits per heavy atom. The number of pyridine rings is 1. The van der Waals surface area contributed by atoms with Crippen LogP contribution in [0.2, 0.25) is 0 Å². The van der Waals surface area contributed by atoms with Gasteiger partial charge in [0, 0.05) is 37.6 Å². The predicted molar refractivity (Wildman–Crippen MR) is 80.8 cm³/mol. The fourth-order valence-corrected chi connectivity index (χ4v) is 2.64. The van der Waals surface area contributed by atoms with E-state index in [9.17, 15) is 4.79 Å². The van der Waals surface area contributed by atoms with Gasteiger partial charge in [-0.1, -0.05) is 6.92 Å². The van der Waals surface area contributed by atoms with Crippen molar-refractivity contribution in [3.8, 4) is 0 Å². The standard InChI is InChI=1S/C15H25N3O2/c1-2-17(12-14-5-3-10-20-14)8-4-9-18-11-13(16)6-7-15(18)19/h6-7,11,14H,2-5,8-10,12,16H2,1H3. The van der Waals surface area contributed by atoms with Crippen molar-refractivity contribution in [3.05, 3.63) is 28.7 Å². The summed E-state index contributed by atoms with van der Waals surface area (Å²) >= 11 is 0. The quantitative estimate of drug-likeness (QED) is 0.818. The number of aromatic nitrogens is 1. The normalized spacial score (nSPS) is 18.8. The molecular formula is C15H25N3O2. The second kappa shape index (κ2) is 7.45. The molecule has 0 amide bonds. The van der Waals surface area contributed by atoms with Crippen LogP contribution in [0.15, 0.2) is 23.1 Å². The first-order chi connectivity index (χ1) is 9.69. The lowest BCUT2D eigenvalue weighted by molar-refractivity contribution is 0.0741. The maximum atomic E-state index is 11.7. The van der Waals surface area contributed by atoms with Gasteiger partial charge in [-0.25, -0.2) is 0 Å². The molecule has 1 saturated heterocycles. The number of hydrogen-bond acceptors (Lipinski definition) is 4. The van der Waals surface area contributed by atoms with Crippen LogP contribution >= 0.6 is 0 Å². The first-order valence-electron chi connectivity index (χ1n) is 7.49. The molecule has 0 saturated carbocycles. The molecule has 20 heavy (non-hydrogen) atoms. The smallest absolute Gasteiger partial charge is 0.250 e. The summed E-state index contributed by atoms with van der Waals surface area (Å²) in [5, 5.41) is 0. The van der Waals surface area contributed by atoms with Gasteiger partial charge in [0.1, 0.15) is 0 Å². The largest absolute Gasteiger partial charge is 0.398 e. The minimum atomic E-state index is 0.0152. The summed E-state index contributed by atoms with van der Waals surface area (Å²) < 4.78 is 7.36. The lowest BCUT2D eigenvalue weighted by Gasteiger charge is -2.23. The molecule has 112 valence electrons. The minimum Gasteiger partial charge on any atom is -0.398 e. The van der Waals surface area contributed by atoms with E-state index >= 15 is 0 Å². The van der Waals surface area contributed by atoms with E-state index in [1.54, 1.807) is 16.8 Å². The number of rotatable bonds is 7. The SMILES string of the molecule is CCN(CCCn1cc(N)ccc1=O)CC1CCCO1. The lowest BCUT2D eigenvalue weighted by Crippen LogP contribution is -2.33. The van der Waals surface area contributed by atoms with Crippen molar-refractivity contribution in [2.24, 2.45) is 0 Å². The van der Waals surface area contributed by atoms with E-state index in [0.29, 0.717) is 18.3 Å². The molecule has 1 aromatic heterocycles. The molecule has 1 aromatic rings. The van der Waals surface area contributed by atoms with Crippen LogP contribution in [-0.2, 0) is 11.3 Å². The van der Waals surface area contributed by atoms with E-state index in [0.717, 1.165) is 32.7 Å². The second-order valence-corrected chi connectivity index (χ2v) is 5.38. The molecule has 1 atom stereocenters. The van der Waals surface area contributed by atoms with Crippen LogP contribution < -0.4 is 11.3 Å². The van der Waals surface area contributed by atoms with Gasteiger partial charge in [0.25, 0.3) is 5.56 Å². The molecule has 0 aliphatic carbocycles. The van der Waals surface area contributed by atoms with E-state index in [1.807, 2.05) is 0 Å². The molecule has 1 aliphatic heterocycles. The van der Waals surface area contributed by atoms with Gasteiger partial charge in [0.15, 0.2) is 0 Å². The lowest BCUT2D eigenvalue weighted by atomic mass is 10.2. The molecule has 0 radical (unpaired) electrons. The van der Waals surface area contributed by atoms with Crippen molar-refractivity contribution >= 4 is 5.69 Å². The first-order valence-corrected chi connectivity index (χ1v) is 7.49. The van der Waals surface area contributed by atoms with Crippen LogP contribution in [0.4, 0.5) is 5.69 Å². The van der Waals surface area contributed by atoms with E-state index < -0.39 is 0 Å². The van der Waals surface area contributed by atoms with Gasteiger partial charge in [-0.2, -0.15) is 0 Å². The number of aryl methyl sites for hydroxylation is 1.